The molecule has 0 bridgehead atoms. The Morgan fingerprint density at radius 2 is 1.44 bits per heavy atom. The summed E-state index contributed by atoms with van der Waals surface area (Å²) >= 11 is 0. The second-order valence-corrected chi connectivity index (χ2v) is 9.06. The molecule has 164 valence electrons. The van der Waals surface area contributed by atoms with E-state index in [9.17, 15) is 23.3 Å². The summed E-state index contributed by atoms with van der Waals surface area (Å²) in [7, 11) is -3.78. The fourth-order valence-corrected chi connectivity index (χ4v) is 4.31. The fourth-order valence-electron chi connectivity index (χ4n) is 3.22. The molecule has 0 spiro atoms. The van der Waals surface area contributed by atoms with E-state index in [1.807, 2.05) is 12.1 Å². The standard InChI is InChI=1S/C22H20N4O5S/c27-22(23-16-7-11-18(12-8-16)26(28)29)24-17-9-13-19(14-10-17)32(30,31)25-21-4-2-1-3-20(21)15-5-6-15/h1-4,7-15,25H,5-6H2,(H2,23,24,27). The van der Waals surface area contributed by atoms with Gasteiger partial charge in [-0.15, -0.1) is 0 Å². The van der Waals surface area contributed by atoms with E-state index in [0.717, 1.165) is 18.4 Å². The van der Waals surface area contributed by atoms with Crippen molar-refractivity contribution >= 4 is 38.8 Å². The molecule has 1 fully saturated rings. The lowest BCUT2D eigenvalue weighted by Crippen LogP contribution is -2.19. The highest BCUT2D eigenvalue weighted by atomic mass is 32.2. The molecular weight excluding hydrogens is 432 g/mol. The predicted molar refractivity (Wildman–Crippen MR) is 121 cm³/mol. The van der Waals surface area contributed by atoms with Gasteiger partial charge in [0.2, 0.25) is 0 Å². The summed E-state index contributed by atoms with van der Waals surface area (Å²) in [5, 5.41) is 15.8. The van der Waals surface area contributed by atoms with Gasteiger partial charge in [0.15, 0.2) is 0 Å². The van der Waals surface area contributed by atoms with Crippen molar-refractivity contribution in [1.29, 1.82) is 0 Å². The minimum absolute atomic E-state index is 0.0735. The van der Waals surface area contributed by atoms with Crippen LogP contribution in [0, 0.1) is 10.1 Å². The number of non-ortho nitro benzene ring substituents is 1. The summed E-state index contributed by atoms with van der Waals surface area (Å²) in [4.78, 5) is 22.4. The highest BCUT2D eigenvalue weighted by Gasteiger charge is 2.27. The van der Waals surface area contributed by atoms with Crippen LogP contribution in [-0.2, 0) is 10.0 Å². The summed E-state index contributed by atoms with van der Waals surface area (Å²) in [6.07, 6.45) is 2.11. The van der Waals surface area contributed by atoms with Crippen molar-refractivity contribution in [2.45, 2.75) is 23.7 Å². The first-order valence-electron chi connectivity index (χ1n) is 9.86. The average molecular weight is 452 g/mol. The van der Waals surface area contributed by atoms with Crippen LogP contribution >= 0.6 is 0 Å². The van der Waals surface area contributed by atoms with Crippen molar-refractivity contribution < 1.29 is 18.1 Å². The molecule has 0 aliphatic heterocycles. The number of carbonyl (C=O) groups excluding carboxylic acids is 1. The van der Waals surface area contributed by atoms with Crippen molar-refractivity contribution in [3.8, 4) is 0 Å². The monoisotopic (exact) mass is 452 g/mol. The maximum absolute atomic E-state index is 12.8. The van der Waals surface area contributed by atoms with Crippen LogP contribution in [-0.4, -0.2) is 19.4 Å². The fraction of sp³-hybridized carbons (Fsp3) is 0.136. The summed E-state index contributed by atoms with van der Waals surface area (Å²) in [5.41, 5.74) is 2.27. The number of para-hydroxylation sites is 1. The van der Waals surface area contributed by atoms with Gasteiger partial charge in [0.1, 0.15) is 0 Å². The largest absolute Gasteiger partial charge is 0.323 e. The number of rotatable bonds is 7. The van der Waals surface area contributed by atoms with E-state index in [-0.39, 0.29) is 10.6 Å². The van der Waals surface area contributed by atoms with Crippen LogP contribution in [0.25, 0.3) is 0 Å². The quantitative estimate of drug-likeness (QED) is 0.346. The normalized spacial score (nSPS) is 13.2. The topological polar surface area (TPSA) is 130 Å². The minimum atomic E-state index is -3.78. The SMILES string of the molecule is O=C(Nc1ccc([N+](=O)[O-])cc1)Nc1ccc(S(=O)(=O)Nc2ccccc2C2CC2)cc1. The molecule has 3 aromatic rings. The predicted octanol–water partition coefficient (Wildman–Crippen LogP) is 4.92. The van der Waals surface area contributed by atoms with Crippen LogP contribution in [0.2, 0.25) is 0 Å². The molecule has 0 saturated heterocycles. The first-order chi connectivity index (χ1) is 15.3. The van der Waals surface area contributed by atoms with Gasteiger partial charge in [0, 0.05) is 23.5 Å². The zero-order valence-corrected chi connectivity index (χ0v) is 17.6. The van der Waals surface area contributed by atoms with Gasteiger partial charge in [-0.1, -0.05) is 18.2 Å². The number of anilines is 3. The highest BCUT2D eigenvalue weighted by molar-refractivity contribution is 7.92. The number of sulfonamides is 1. The number of urea groups is 1. The molecule has 0 heterocycles. The number of nitro groups is 1. The highest BCUT2D eigenvalue weighted by Crippen LogP contribution is 2.43. The first kappa shape index (κ1) is 21.3. The molecule has 9 nitrogen and oxygen atoms in total. The van der Waals surface area contributed by atoms with E-state index in [1.54, 1.807) is 12.1 Å². The van der Waals surface area contributed by atoms with Gasteiger partial charge < -0.3 is 10.6 Å². The molecule has 0 unspecified atom stereocenters. The number of benzene rings is 3. The smallest absolute Gasteiger partial charge is 0.308 e. The lowest BCUT2D eigenvalue weighted by Gasteiger charge is -2.13. The Hall–Kier alpha value is -3.92. The maximum atomic E-state index is 12.8. The third-order valence-corrected chi connectivity index (χ3v) is 6.36. The summed E-state index contributed by atoms with van der Waals surface area (Å²) in [6, 6.07) is 18.0. The number of amides is 2. The number of hydrogen-bond donors (Lipinski definition) is 3. The Bertz CT molecular complexity index is 1250. The van der Waals surface area contributed by atoms with Crippen LogP contribution in [0.1, 0.15) is 24.3 Å². The molecular formula is C22H20N4O5S. The van der Waals surface area contributed by atoms with Crippen LogP contribution in [0.15, 0.2) is 77.7 Å². The molecule has 3 aromatic carbocycles. The van der Waals surface area contributed by atoms with E-state index < -0.39 is 21.0 Å². The molecule has 0 aromatic heterocycles. The van der Waals surface area contributed by atoms with Gasteiger partial charge in [-0.05, 0) is 66.8 Å². The lowest BCUT2D eigenvalue weighted by atomic mass is 10.1. The number of nitro benzene ring substituents is 1. The number of hydrogen-bond acceptors (Lipinski definition) is 5. The Kier molecular flexibility index (Phi) is 5.78. The number of carbonyl (C=O) groups is 1. The summed E-state index contributed by atoms with van der Waals surface area (Å²) in [5.74, 6) is 0.398. The second-order valence-electron chi connectivity index (χ2n) is 7.37. The third kappa shape index (κ3) is 5.03. The van der Waals surface area contributed by atoms with Crippen molar-refractivity contribution in [2.75, 3.05) is 15.4 Å². The van der Waals surface area contributed by atoms with Crippen molar-refractivity contribution in [1.82, 2.24) is 0 Å². The molecule has 1 aliphatic carbocycles. The molecule has 32 heavy (non-hydrogen) atoms. The van der Waals surface area contributed by atoms with Gasteiger partial charge in [-0.25, -0.2) is 13.2 Å². The van der Waals surface area contributed by atoms with Crippen LogP contribution in [0.5, 0.6) is 0 Å². The molecule has 0 atom stereocenters. The molecule has 4 rings (SSSR count). The average Bonchev–Trinajstić information content (AvgIpc) is 3.60. The van der Waals surface area contributed by atoms with E-state index >= 15 is 0 Å². The summed E-state index contributed by atoms with van der Waals surface area (Å²) < 4.78 is 28.2. The maximum Gasteiger partial charge on any atom is 0.323 e. The first-order valence-corrected chi connectivity index (χ1v) is 11.3. The van der Waals surface area contributed by atoms with E-state index in [1.165, 1.54) is 48.5 Å². The lowest BCUT2D eigenvalue weighted by molar-refractivity contribution is -0.384. The van der Waals surface area contributed by atoms with E-state index in [2.05, 4.69) is 15.4 Å². The summed E-state index contributed by atoms with van der Waals surface area (Å²) in [6.45, 7) is 0. The third-order valence-electron chi connectivity index (χ3n) is 4.98. The zero-order valence-electron chi connectivity index (χ0n) is 16.8. The Balaban J connectivity index is 1.40. The number of nitrogens with one attached hydrogen (secondary N) is 3. The molecule has 2 amide bonds. The van der Waals surface area contributed by atoms with E-state index in [0.29, 0.717) is 23.0 Å². The molecule has 3 N–H and O–H groups in total. The molecule has 10 heteroatoms. The Labute approximate surface area is 184 Å². The van der Waals surface area contributed by atoms with Gasteiger partial charge in [0.25, 0.3) is 15.7 Å². The molecule has 1 saturated carbocycles. The Morgan fingerprint density at radius 3 is 2.00 bits per heavy atom. The van der Waals surface area contributed by atoms with Gasteiger partial charge in [-0.3, -0.25) is 14.8 Å². The zero-order chi connectivity index (χ0) is 22.7. The van der Waals surface area contributed by atoms with Crippen molar-refractivity contribution in [3.63, 3.8) is 0 Å². The van der Waals surface area contributed by atoms with Gasteiger partial charge in [0.05, 0.1) is 15.5 Å². The second kappa shape index (κ2) is 8.67. The van der Waals surface area contributed by atoms with Crippen molar-refractivity contribution in [2.24, 2.45) is 0 Å². The van der Waals surface area contributed by atoms with Crippen LogP contribution in [0.4, 0.5) is 27.5 Å². The molecule has 0 radical (unpaired) electrons. The van der Waals surface area contributed by atoms with Crippen molar-refractivity contribution in [3.05, 3.63) is 88.5 Å². The van der Waals surface area contributed by atoms with Gasteiger partial charge >= 0.3 is 6.03 Å². The van der Waals surface area contributed by atoms with Crippen LogP contribution in [0.3, 0.4) is 0 Å². The molecule has 1 aliphatic rings. The Morgan fingerprint density at radius 1 is 0.875 bits per heavy atom. The minimum Gasteiger partial charge on any atom is -0.308 e. The number of nitrogens with zero attached hydrogens (tertiary/aromatic N) is 1. The van der Waals surface area contributed by atoms with Gasteiger partial charge in [-0.2, -0.15) is 0 Å². The van der Waals surface area contributed by atoms with Crippen LogP contribution < -0.4 is 15.4 Å². The van der Waals surface area contributed by atoms with E-state index in [4.69, 9.17) is 0 Å².